The molecule has 0 heterocycles. The third-order valence-corrected chi connectivity index (χ3v) is 3.82. The monoisotopic (exact) mass is 370 g/mol. The molecule has 1 N–H and O–H groups in total. The second-order valence-electron chi connectivity index (χ2n) is 6.43. The van der Waals surface area contributed by atoms with Gasteiger partial charge in [0.25, 0.3) is 5.91 Å². The maximum Gasteiger partial charge on any atom is 0.271 e. The Morgan fingerprint density at radius 2 is 1.70 bits per heavy atom. The molecule has 0 unspecified atom stereocenters. The highest BCUT2D eigenvalue weighted by molar-refractivity contribution is 6.02. The highest BCUT2D eigenvalue weighted by Gasteiger charge is 2.10. The summed E-state index contributed by atoms with van der Waals surface area (Å²) < 4.78 is 16.2. The summed E-state index contributed by atoms with van der Waals surface area (Å²) in [5.74, 6) is 2.20. The summed E-state index contributed by atoms with van der Waals surface area (Å²) in [7, 11) is 3.17. The van der Waals surface area contributed by atoms with E-state index in [0.29, 0.717) is 35.3 Å². The number of carbonyl (C=O) groups excluding carboxylic acids is 1. The van der Waals surface area contributed by atoms with Crippen molar-refractivity contribution < 1.29 is 19.0 Å². The molecule has 0 saturated heterocycles. The van der Waals surface area contributed by atoms with E-state index in [1.807, 2.05) is 12.1 Å². The second kappa shape index (κ2) is 9.62. The van der Waals surface area contributed by atoms with Crippen LogP contribution in [-0.4, -0.2) is 32.4 Å². The average molecular weight is 370 g/mol. The molecule has 0 radical (unpaired) electrons. The molecule has 27 heavy (non-hydrogen) atoms. The summed E-state index contributed by atoms with van der Waals surface area (Å²) in [5, 5.41) is 4.18. The van der Waals surface area contributed by atoms with E-state index >= 15 is 0 Å². The van der Waals surface area contributed by atoms with Gasteiger partial charge in [-0.25, -0.2) is 5.43 Å². The standard InChI is InChI=1S/C21H26N2O4/c1-14(2)13-27-17-8-6-16(7-9-17)21(24)23-22-15(3)19-11-10-18(25-4)12-20(19)26-5/h6-12,14H,13H2,1-5H3,(H,23,24). The van der Waals surface area contributed by atoms with Crippen LogP contribution in [0.4, 0.5) is 0 Å². The van der Waals surface area contributed by atoms with Gasteiger partial charge in [0.2, 0.25) is 0 Å². The number of carbonyl (C=O) groups is 1. The van der Waals surface area contributed by atoms with E-state index in [-0.39, 0.29) is 5.91 Å². The van der Waals surface area contributed by atoms with Crippen LogP contribution in [0.2, 0.25) is 0 Å². The molecule has 0 spiro atoms. The van der Waals surface area contributed by atoms with Gasteiger partial charge < -0.3 is 14.2 Å². The first-order chi connectivity index (χ1) is 12.9. The number of hydrazone groups is 1. The molecule has 0 saturated carbocycles. The lowest BCUT2D eigenvalue weighted by Gasteiger charge is -2.10. The van der Waals surface area contributed by atoms with Gasteiger partial charge >= 0.3 is 0 Å². The minimum absolute atomic E-state index is 0.294. The molecule has 0 aromatic heterocycles. The van der Waals surface area contributed by atoms with Gasteiger partial charge in [-0.05, 0) is 49.2 Å². The van der Waals surface area contributed by atoms with Crippen LogP contribution in [-0.2, 0) is 0 Å². The van der Waals surface area contributed by atoms with Crippen LogP contribution < -0.4 is 19.6 Å². The molecular weight excluding hydrogens is 344 g/mol. The number of rotatable bonds is 8. The molecule has 2 aromatic rings. The van der Waals surface area contributed by atoms with Crippen LogP contribution >= 0.6 is 0 Å². The maximum atomic E-state index is 12.3. The van der Waals surface area contributed by atoms with Crippen molar-refractivity contribution in [3.63, 3.8) is 0 Å². The Labute approximate surface area is 160 Å². The molecule has 6 heteroatoms. The Bertz CT molecular complexity index is 798. The van der Waals surface area contributed by atoms with Crippen LogP contribution in [0, 0.1) is 5.92 Å². The zero-order chi connectivity index (χ0) is 19.8. The van der Waals surface area contributed by atoms with Gasteiger partial charge in [-0.1, -0.05) is 13.8 Å². The van der Waals surface area contributed by atoms with E-state index in [2.05, 4.69) is 24.4 Å². The number of ether oxygens (including phenoxy) is 3. The predicted octanol–water partition coefficient (Wildman–Crippen LogP) is 3.89. The van der Waals surface area contributed by atoms with Crippen molar-refractivity contribution >= 4 is 11.6 Å². The highest BCUT2D eigenvalue weighted by atomic mass is 16.5. The van der Waals surface area contributed by atoms with Crippen molar-refractivity contribution in [3.8, 4) is 17.2 Å². The first kappa shape index (κ1) is 20.3. The summed E-state index contributed by atoms with van der Waals surface area (Å²) >= 11 is 0. The number of benzene rings is 2. The van der Waals surface area contributed by atoms with Crippen molar-refractivity contribution in [3.05, 3.63) is 53.6 Å². The Balaban J connectivity index is 2.05. The first-order valence-electron chi connectivity index (χ1n) is 8.74. The van der Waals surface area contributed by atoms with Crippen molar-refractivity contribution in [1.82, 2.24) is 5.43 Å². The number of nitrogens with zero attached hydrogens (tertiary/aromatic N) is 1. The van der Waals surface area contributed by atoms with E-state index in [9.17, 15) is 4.79 Å². The van der Waals surface area contributed by atoms with Gasteiger partial charge in [-0.3, -0.25) is 4.79 Å². The van der Waals surface area contributed by atoms with Crippen LogP contribution in [0.15, 0.2) is 47.6 Å². The molecule has 0 aliphatic heterocycles. The molecule has 1 amide bonds. The second-order valence-corrected chi connectivity index (χ2v) is 6.43. The van der Waals surface area contributed by atoms with Gasteiger partial charge in [-0.2, -0.15) is 5.10 Å². The third kappa shape index (κ3) is 5.74. The van der Waals surface area contributed by atoms with Crippen LogP contribution in [0.25, 0.3) is 0 Å². The molecule has 2 aromatic carbocycles. The third-order valence-electron chi connectivity index (χ3n) is 3.82. The largest absolute Gasteiger partial charge is 0.497 e. The van der Waals surface area contributed by atoms with Crippen molar-refractivity contribution in [2.75, 3.05) is 20.8 Å². The first-order valence-corrected chi connectivity index (χ1v) is 8.74. The summed E-state index contributed by atoms with van der Waals surface area (Å²) in [6, 6.07) is 12.4. The molecule has 2 rings (SSSR count). The number of methoxy groups -OCH3 is 2. The van der Waals surface area contributed by atoms with Crippen molar-refractivity contribution in [1.29, 1.82) is 0 Å². The molecule has 6 nitrogen and oxygen atoms in total. The Kier molecular flexibility index (Phi) is 7.23. The molecule has 0 aliphatic carbocycles. The molecule has 0 atom stereocenters. The van der Waals surface area contributed by atoms with E-state index in [0.717, 1.165) is 11.3 Å². The zero-order valence-corrected chi connectivity index (χ0v) is 16.4. The number of hydrogen-bond donors (Lipinski definition) is 1. The van der Waals surface area contributed by atoms with Gasteiger partial charge in [0.05, 0.1) is 26.5 Å². The topological polar surface area (TPSA) is 69.2 Å². The molecular formula is C21H26N2O4. The van der Waals surface area contributed by atoms with E-state index in [1.165, 1.54) is 0 Å². The fraction of sp³-hybridized carbons (Fsp3) is 0.333. The number of amides is 1. The average Bonchev–Trinajstić information content (AvgIpc) is 2.69. The van der Waals surface area contributed by atoms with Gasteiger partial charge in [-0.15, -0.1) is 0 Å². The summed E-state index contributed by atoms with van der Waals surface area (Å²) in [4.78, 5) is 12.3. The van der Waals surface area contributed by atoms with E-state index in [1.54, 1.807) is 51.5 Å². The van der Waals surface area contributed by atoms with Gasteiger partial charge in [0.15, 0.2) is 0 Å². The quantitative estimate of drug-likeness (QED) is 0.565. The minimum Gasteiger partial charge on any atom is -0.497 e. The highest BCUT2D eigenvalue weighted by Crippen LogP contribution is 2.25. The zero-order valence-electron chi connectivity index (χ0n) is 16.4. The van der Waals surface area contributed by atoms with Crippen LogP contribution in [0.5, 0.6) is 17.2 Å². The molecule has 0 aliphatic rings. The van der Waals surface area contributed by atoms with Crippen molar-refractivity contribution in [2.45, 2.75) is 20.8 Å². The molecule has 144 valence electrons. The van der Waals surface area contributed by atoms with Crippen molar-refractivity contribution in [2.24, 2.45) is 11.0 Å². The van der Waals surface area contributed by atoms with Gasteiger partial charge in [0, 0.05) is 17.2 Å². The summed E-state index contributed by atoms with van der Waals surface area (Å²) in [6.45, 7) is 6.60. The fourth-order valence-electron chi connectivity index (χ4n) is 2.32. The van der Waals surface area contributed by atoms with E-state index < -0.39 is 0 Å². The lowest BCUT2D eigenvalue weighted by molar-refractivity contribution is 0.0954. The normalized spacial score (nSPS) is 11.3. The Morgan fingerprint density at radius 3 is 2.30 bits per heavy atom. The Morgan fingerprint density at radius 1 is 1.04 bits per heavy atom. The molecule has 0 bridgehead atoms. The number of hydrogen-bond acceptors (Lipinski definition) is 5. The van der Waals surface area contributed by atoms with E-state index in [4.69, 9.17) is 14.2 Å². The summed E-state index contributed by atoms with van der Waals surface area (Å²) in [6.07, 6.45) is 0. The smallest absolute Gasteiger partial charge is 0.271 e. The summed E-state index contributed by atoms with van der Waals surface area (Å²) in [5.41, 5.74) is 4.47. The Hall–Kier alpha value is -3.02. The fourth-order valence-corrected chi connectivity index (χ4v) is 2.32. The SMILES string of the molecule is COc1ccc(C(C)=NNC(=O)c2ccc(OCC(C)C)cc2)c(OC)c1. The molecule has 0 fully saturated rings. The lowest BCUT2D eigenvalue weighted by Crippen LogP contribution is -2.19. The van der Waals surface area contributed by atoms with Gasteiger partial charge in [0.1, 0.15) is 17.2 Å². The maximum absolute atomic E-state index is 12.3. The number of nitrogens with one attached hydrogen (secondary N) is 1. The van der Waals surface area contributed by atoms with Crippen LogP contribution in [0.1, 0.15) is 36.7 Å². The minimum atomic E-state index is -0.294. The van der Waals surface area contributed by atoms with Crippen LogP contribution in [0.3, 0.4) is 0 Å². The predicted molar refractivity (Wildman–Crippen MR) is 106 cm³/mol. The lowest BCUT2D eigenvalue weighted by atomic mass is 10.1.